The van der Waals surface area contributed by atoms with Crippen molar-refractivity contribution in [2.45, 2.75) is 16.2 Å². The number of rotatable bonds is 7. The predicted octanol–water partition coefficient (Wildman–Crippen LogP) is 3.44. The van der Waals surface area contributed by atoms with Crippen LogP contribution in [-0.2, 0) is 10.3 Å². The Hall–Kier alpha value is -1.52. The third-order valence-corrected chi connectivity index (χ3v) is 8.29. The molecule has 0 amide bonds. The molecule has 1 saturated heterocycles. The first-order valence-electron chi connectivity index (χ1n) is 9.13. The van der Waals surface area contributed by atoms with E-state index in [-0.39, 0.29) is 11.4 Å². The third kappa shape index (κ3) is 3.95. The van der Waals surface area contributed by atoms with Crippen LogP contribution >= 0.6 is 34.4 Å². The molecule has 0 aromatic carbocycles. The standard InChI is InChI=1S/C19H23N5OS3/c1-26-17-13(11-15(28-17)16(20)21)14-12-27-18(23-14)19(3-2-5-22-19)4-6-24-7-9-25-10-8-24/h2-3,5,11-12H,4,6-10H2,1H3,(H3,20,21). The number of nitrogens with two attached hydrogens (primary N) is 1. The number of aromatic nitrogens is 1. The maximum Gasteiger partial charge on any atom is 0.133 e. The van der Waals surface area contributed by atoms with Gasteiger partial charge in [-0.3, -0.25) is 15.3 Å². The van der Waals surface area contributed by atoms with Crippen LogP contribution in [0.5, 0.6) is 0 Å². The molecule has 3 N–H and O–H groups in total. The normalized spacial score (nSPS) is 22.2. The molecule has 6 nitrogen and oxygen atoms in total. The Balaban J connectivity index is 1.58. The highest BCUT2D eigenvalue weighted by Crippen LogP contribution is 2.41. The van der Waals surface area contributed by atoms with E-state index in [9.17, 15) is 0 Å². The summed E-state index contributed by atoms with van der Waals surface area (Å²) in [4.78, 5) is 13.0. The summed E-state index contributed by atoms with van der Waals surface area (Å²) in [7, 11) is 0. The Morgan fingerprint density at radius 1 is 1.43 bits per heavy atom. The minimum absolute atomic E-state index is 0.104. The smallest absolute Gasteiger partial charge is 0.133 e. The Labute approximate surface area is 177 Å². The molecular weight excluding hydrogens is 410 g/mol. The van der Waals surface area contributed by atoms with Crippen molar-refractivity contribution >= 4 is 46.5 Å². The quantitative estimate of drug-likeness (QED) is 0.397. The van der Waals surface area contributed by atoms with Gasteiger partial charge in [0.15, 0.2) is 0 Å². The van der Waals surface area contributed by atoms with Gasteiger partial charge in [0.1, 0.15) is 16.4 Å². The van der Waals surface area contributed by atoms with Gasteiger partial charge in [0.2, 0.25) is 0 Å². The van der Waals surface area contributed by atoms with Gasteiger partial charge in [-0.05, 0) is 30.9 Å². The Morgan fingerprint density at radius 2 is 2.25 bits per heavy atom. The second kappa shape index (κ2) is 8.46. The monoisotopic (exact) mass is 433 g/mol. The van der Waals surface area contributed by atoms with Crippen LogP contribution in [0.25, 0.3) is 11.3 Å². The van der Waals surface area contributed by atoms with Crippen molar-refractivity contribution in [2.75, 3.05) is 39.1 Å². The van der Waals surface area contributed by atoms with Gasteiger partial charge in [0.05, 0.1) is 28.0 Å². The Kier molecular flexibility index (Phi) is 5.98. The second-order valence-corrected chi connectivity index (χ2v) is 9.72. The van der Waals surface area contributed by atoms with Crippen molar-refractivity contribution in [1.29, 1.82) is 5.41 Å². The average molecular weight is 434 g/mol. The minimum Gasteiger partial charge on any atom is -0.383 e. The van der Waals surface area contributed by atoms with Crippen molar-refractivity contribution in [1.82, 2.24) is 9.88 Å². The summed E-state index contributed by atoms with van der Waals surface area (Å²) in [5.74, 6) is 0.104. The number of aliphatic imine (C=N–C) groups is 1. The van der Waals surface area contributed by atoms with E-state index in [1.807, 2.05) is 24.6 Å². The van der Waals surface area contributed by atoms with E-state index in [1.165, 1.54) is 0 Å². The van der Waals surface area contributed by atoms with E-state index in [0.717, 1.165) is 64.6 Å². The van der Waals surface area contributed by atoms with Gasteiger partial charge in [0, 0.05) is 36.8 Å². The van der Waals surface area contributed by atoms with Gasteiger partial charge >= 0.3 is 0 Å². The average Bonchev–Trinajstić information content (AvgIpc) is 3.46. The SMILES string of the molecule is CSc1sc(C(=N)N)cc1-c1csc(C2(CCN3CCOCC3)C=CC=N2)n1. The number of amidine groups is 1. The Bertz CT molecular complexity index is 899. The molecule has 148 valence electrons. The molecular formula is C19H23N5OS3. The summed E-state index contributed by atoms with van der Waals surface area (Å²) in [6.45, 7) is 4.55. The number of thiophene rings is 1. The summed E-state index contributed by atoms with van der Waals surface area (Å²) in [5, 5.41) is 10.8. The maximum absolute atomic E-state index is 7.73. The highest BCUT2D eigenvalue weighted by atomic mass is 32.2. The van der Waals surface area contributed by atoms with Gasteiger partial charge in [-0.1, -0.05) is 0 Å². The number of hydrogen-bond donors (Lipinski definition) is 2. The third-order valence-electron chi connectivity index (χ3n) is 4.98. The van der Waals surface area contributed by atoms with Crippen LogP contribution in [0.2, 0.25) is 0 Å². The van der Waals surface area contributed by atoms with E-state index >= 15 is 0 Å². The number of hydrogen-bond acceptors (Lipinski definition) is 8. The molecule has 4 rings (SSSR count). The van der Waals surface area contributed by atoms with Gasteiger partial charge in [-0.25, -0.2) is 4.98 Å². The van der Waals surface area contributed by atoms with E-state index in [0.29, 0.717) is 0 Å². The van der Waals surface area contributed by atoms with Crippen LogP contribution in [0.4, 0.5) is 0 Å². The first-order chi connectivity index (χ1) is 13.6. The van der Waals surface area contributed by atoms with Gasteiger partial charge in [-0.15, -0.1) is 34.4 Å². The number of allylic oxidation sites excluding steroid dienone is 1. The summed E-state index contributed by atoms with van der Waals surface area (Å²) in [6, 6.07) is 1.98. The largest absolute Gasteiger partial charge is 0.383 e. The van der Waals surface area contributed by atoms with Gasteiger partial charge < -0.3 is 10.5 Å². The fourth-order valence-corrected chi connectivity index (χ4v) is 6.12. The van der Waals surface area contributed by atoms with Crippen LogP contribution in [0.3, 0.4) is 0 Å². The molecule has 0 bridgehead atoms. The lowest BCUT2D eigenvalue weighted by Crippen LogP contribution is -2.39. The summed E-state index contributed by atoms with van der Waals surface area (Å²) in [6.07, 6.45) is 9.02. The first kappa shape index (κ1) is 19.8. The molecule has 0 aliphatic carbocycles. The number of morpholine rings is 1. The molecule has 1 fully saturated rings. The molecule has 2 aliphatic rings. The van der Waals surface area contributed by atoms with Crippen molar-refractivity contribution < 1.29 is 4.74 Å². The minimum atomic E-state index is -0.375. The van der Waals surface area contributed by atoms with E-state index < -0.39 is 0 Å². The van der Waals surface area contributed by atoms with Crippen molar-refractivity contribution in [3.63, 3.8) is 0 Å². The predicted molar refractivity (Wildman–Crippen MR) is 119 cm³/mol. The highest BCUT2D eigenvalue weighted by Gasteiger charge is 2.34. The molecule has 0 radical (unpaired) electrons. The topological polar surface area (TPSA) is 87.6 Å². The lowest BCUT2D eigenvalue weighted by atomic mass is 9.97. The number of thiazole rings is 1. The molecule has 2 aliphatic heterocycles. The summed E-state index contributed by atoms with van der Waals surface area (Å²) in [5.41, 5.74) is 7.31. The fraction of sp³-hybridized carbons (Fsp3) is 0.421. The number of nitrogen functional groups attached to an aromatic ring is 1. The highest BCUT2D eigenvalue weighted by molar-refractivity contribution is 8.00. The van der Waals surface area contributed by atoms with Gasteiger partial charge in [0.25, 0.3) is 0 Å². The van der Waals surface area contributed by atoms with Crippen molar-refractivity contribution in [2.24, 2.45) is 10.7 Å². The second-order valence-electron chi connectivity index (χ2n) is 6.73. The lowest BCUT2D eigenvalue weighted by Gasteiger charge is -2.30. The van der Waals surface area contributed by atoms with E-state index in [2.05, 4.69) is 16.4 Å². The zero-order valence-electron chi connectivity index (χ0n) is 15.7. The van der Waals surface area contributed by atoms with E-state index in [4.69, 9.17) is 25.9 Å². The van der Waals surface area contributed by atoms with Crippen LogP contribution in [0, 0.1) is 5.41 Å². The van der Waals surface area contributed by atoms with Crippen molar-refractivity contribution in [3.8, 4) is 11.3 Å². The Morgan fingerprint density at radius 3 is 2.93 bits per heavy atom. The fourth-order valence-electron chi connectivity index (χ4n) is 3.39. The van der Waals surface area contributed by atoms with Gasteiger partial charge in [-0.2, -0.15) is 0 Å². The number of ether oxygens (including phenoxy) is 1. The summed E-state index contributed by atoms with van der Waals surface area (Å²) >= 11 is 4.87. The van der Waals surface area contributed by atoms with Crippen molar-refractivity contribution in [3.05, 3.63) is 33.5 Å². The molecule has 1 atom stereocenters. The van der Waals surface area contributed by atoms with Crippen LogP contribution < -0.4 is 5.73 Å². The number of thioether (sulfide) groups is 1. The molecule has 28 heavy (non-hydrogen) atoms. The van der Waals surface area contributed by atoms with Crippen LogP contribution in [-0.4, -0.2) is 61.0 Å². The maximum atomic E-state index is 7.73. The zero-order valence-corrected chi connectivity index (χ0v) is 18.1. The molecule has 9 heteroatoms. The number of nitrogens with one attached hydrogen (secondary N) is 1. The molecule has 0 saturated carbocycles. The van der Waals surface area contributed by atoms with Crippen LogP contribution in [0.1, 0.15) is 16.3 Å². The molecule has 0 spiro atoms. The molecule has 1 unspecified atom stereocenters. The summed E-state index contributed by atoms with van der Waals surface area (Å²) < 4.78 is 6.59. The van der Waals surface area contributed by atoms with E-state index in [1.54, 1.807) is 34.4 Å². The first-order valence-corrected chi connectivity index (χ1v) is 12.0. The molecule has 4 heterocycles. The number of nitrogens with zero attached hydrogens (tertiary/aromatic N) is 3. The lowest BCUT2D eigenvalue weighted by molar-refractivity contribution is 0.0355. The van der Waals surface area contributed by atoms with Crippen LogP contribution in [0.15, 0.2) is 32.8 Å². The molecule has 2 aromatic rings. The zero-order chi connectivity index (χ0) is 19.6. The molecule has 2 aromatic heterocycles.